The Morgan fingerprint density at radius 2 is 1.26 bits per heavy atom. The molecule has 0 aromatic heterocycles. The molecule has 0 saturated heterocycles. The second kappa shape index (κ2) is 12.0. The van der Waals surface area contributed by atoms with Crippen molar-refractivity contribution >= 4 is 29.1 Å². The van der Waals surface area contributed by atoms with Crippen molar-refractivity contribution < 1.29 is 23.9 Å². The van der Waals surface area contributed by atoms with E-state index in [1.807, 2.05) is 0 Å². The van der Waals surface area contributed by atoms with Gasteiger partial charge in [-0.25, -0.2) is 0 Å². The smallest absolute Gasteiger partial charge is 0.305 e. The molecular weight excluding hydrogens is 346 g/mol. The van der Waals surface area contributed by atoms with Gasteiger partial charge in [-0.1, -0.05) is 25.7 Å². The van der Waals surface area contributed by atoms with Crippen molar-refractivity contribution in [2.45, 2.75) is 65.2 Å². The molecule has 27 heavy (non-hydrogen) atoms. The van der Waals surface area contributed by atoms with E-state index in [0.717, 1.165) is 38.5 Å². The summed E-state index contributed by atoms with van der Waals surface area (Å²) in [6.07, 6.45) is 6.42. The molecule has 6 nitrogen and oxygen atoms in total. The standard InChI is InChI=1S/C21H29NO5/c1-15(23)17-12-18(16(2)24)14-19(13-17)22-20(25)10-8-6-4-5-7-9-11-21(26)27-3/h12-14H,4-11H2,1-3H3,(H,22,25). The number of unbranched alkanes of at least 4 members (excludes halogenated alkanes) is 5. The lowest BCUT2D eigenvalue weighted by molar-refractivity contribution is -0.140. The third-order valence-electron chi connectivity index (χ3n) is 4.29. The topological polar surface area (TPSA) is 89.5 Å². The lowest BCUT2D eigenvalue weighted by atomic mass is 10.0. The summed E-state index contributed by atoms with van der Waals surface area (Å²) in [5, 5.41) is 2.77. The van der Waals surface area contributed by atoms with Gasteiger partial charge in [0.2, 0.25) is 5.91 Å². The number of esters is 1. The van der Waals surface area contributed by atoms with Crippen LogP contribution in [-0.4, -0.2) is 30.6 Å². The second-order valence-corrected chi connectivity index (χ2v) is 6.66. The van der Waals surface area contributed by atoms with E-state index in [9.17, 15) is 19.2 Å². The van der Waals surface area contributed by atoms with Crippen LogP contribution in [0.2, 0.25) is 0 Å². The first-order valence-corrected chi connectivity index (χ1v) is 9.37. The van der Waals surface area contributed by atoms with Crippen LogP contribution >= 0.6 is 0 Å². The number of ether oxygens (including phenoxy) is 1. The Morgan fingerprint density at radius 1 is 0.778 bits per heavy atom. The molecule has 1 aromatic rings. The van der Waals surface area contributed by atoms with Crippen LogP contribution in [0.5, 0.6) is 0 Å². The molecule has 0 aliphatic rings. The summed E-state index contributed by atoms with van der Waals surface area (Å²) >= 11 is 0. The molecular formula is C21H29NO5. The lowest BCUT2D eigenvalue weighted by Crippen LogP contribution is -2.12. The van der Waals surface area contributed by atoms with Crippen LogP contribution in [0.25, 0.3) is 0 Å². The van der Waals surface area contributed by atoms with Crippen LogP contribution in [0.3, 0.4) is 0 Å². The molecule has 0 aliphatic carbocycles. The van der Waals surface area contributed by atoms with Crippen molar-refractivity contribution in [1.82, 2.24) is 0 Å². The number of Topliss-reactive ketones (excluding diaryl/α,β-unsaturated/α-hetero) is 2. The maximum absolute atomic E-state index is 12.1. The largest absolute Gasteiger partial charge is 0.469 e. The van der Waals surface area contributed by atoms with Gasteiger partial charge in [-0.2, -0.15) is 0 Å². The molecule has 0 spiro atoms. The molecule has 0 saturated carbocycles. The Labute approximate surface area is 160 Å². The van der Waals surface area contributed by atoms with Crippen molar-refractivity contribution in [2.75, 3.05) is 12.4 Å². The zero-order chi connectivity index (χ0) is 20.2. The van der Waals surface area contributed by atoms with Crippen molar-refractivity contribution in [3.05, 3.63) is 29.3 Å². The van der Waals surface area contributed by atoms with Gasteiger partial charge in [0.15, 0.2) is 11.6 Å². The monoisotopic (exact) mass is 375 g/mol. The highest BCUT2D eigenvalue weighted by atomic mass is 16.5. The molecule has 0 bridgehead atoms. The highest BCUT2D eigenvalue weighted by molar-refractivity contribution is 6.02. The molecule has 0 radical (unpaired) electrons. The first kappa shape index (κ1) is 22.5. The van der Waals surface area contributed by atoms with E-state index in [4.69, 9.17) is 0 Å². The molecule has 0 aliphatic heterocycles. The number of anilines is 1. The summed E-state index contributed by atoms with van der Waals surface area (Å²) in [5.41, 5.74) is 1.29. The van der Waals surface area contributed by atoms with E-state index in [-0.39, 0.29) is 23.4 Å². The van der Waals surface area contributed by atoms with Crippen molar-refractivity contribution in [2.24, 2.45) is 0 Å². The van der Waals surface area contributed by atoms with Crippen LogP contribution in [0, 0.1) is 0 Å². The molecule has 148 valence electrons. The molecule has 6 heteroatoms. The molecule has 1 rings (SSSR count). The van der Waals surface area contributed by atoms with Gasteiger partial charge in [0.1, 0.15) is 0 Å². The van der Waals surface area contributed by atoms with Gasteiger partial charge in [-0.05, 0) is 44.9 Å². The highest BCUT2D eigenvalue weighted by Gasteiger charge is 2.10. The Balaban J connectivity index is 2.33. The number of hydrogen-bond acceptors (Lipinski definition) is 5. The zero-order valence-corrected chi connectivity index (χ0v) is 16.4. The Hall–Kier alpha value is -2.50. The molecule has 0 heterocycles. The molecule has 0 unspecified atom stereocenters. The van der Waals surface area contributed by atoms with Crippen molar-refractivity contribution in [1.29, 1.82) is 0 Å². The number of carbonyl (C=O) groups is 4. The molecule has 1 aromatic carbocycles. The van der Waals surface area contributed by atoms with E-state index < -0.39 is 0 Å². The van der Waals surface area contributed by atoms with E-state index in [1.165, 1.54) is 21.0 Å². The van der Waals surface area contributed by atoms with Gasteiger partial charge in [-0.15, -0.1) is 0 Å². The fraction of sp³-hybridized carbons (Fsp3) is 0.524. The first-order chi connectivity index (χ1) is 12.8. The van der Waals surface area contributed by atoms with Gasteiger partial charge in [0, 0.05) is 29.7 Å². The number of amides is 1. The van der Waals surface area contributed by atoms with E-state index in [2.05, 4.69) is 10.1 Å². The normalized spacial score (nSPS) is 10.3. The lowest BCUT2D eigenvalue weighted by Gasteiger charge is -2.09. The number of hydrogen-bond donors (Lipinski definition) is 1. The number of methoxy groups -OCH3 is 1. The summed E-state index contributed by atoms with van der Waals surface area (Å²) in [6.45, 7) is 2.85. The predicted molar refractivity (Wildman–Crippen MR) is 104 cm³/mol. The quantitative estimate of drug-likeness (QED) is 0.334. The van der Waals surface area contributed by atoms with E-state index in [0.29, 0.717) is 29.7 Å². The third kappa shape index (κ3) is 9.13. The van der Waals surface area contributed by atoms with Crippen LogP contribution < -0.4 is 5.32 Å². The van der Waals surface area contributed by atoms with E-state index in [1.54, 1.807) is 18.2 Å². The van der Waals surface area contributed by atoms with Gasteiger partial charge in [-0.3, -0.25) is 19.2 Å². The summed E-state index contributed by atoms with van der Waals surface area (Å²) in [7, 11) is 1.39. The highest BCUT2D eigenvalue weighted by Crippen LogP contribution is 2.17. The van der Waals surface area contributed by atoms with Gasteiger partial charge in [0.25, 0.3) is 0 Å². The minimum absolute atomic E-state index is 0.129. The summed E-state index contributed by atoms with van der Waals surface area (Å²) in [6, 6.07) is 4.72. The maximum atomic E-state index is 12.1. The fourth-order valence-corrected chi connectivity index (χ4v) is 2.69. The van der Waals surface area contributed by atoms with Crippen LogP contribution in [0.4, 0.5) is 5.69 Å². The molecule has 1 N–H and O–H groups in total. The summed E-state index contributed by atoms with van der Waals surface area (Å²) in [5.74, 6) is -0.606. The SMILES string of the molecule is COC(=O)CCCCCCCCC(=O)Nc1cc(C(C)=O)cc(C(C)=O)c1. The van der Waals surface area contributed by atoms with Gasteiger partial charge < -0.3 is 10.1 Å². The molecule has 0 atom stereocenters. The number of ketones is 2. The number of carbonyl (C=O) groups excluding carboxylic acids is 4. The van der Waals surface area contributed by atoms with Crippen LogP contribution in [0.15, 0.2) is 18.2 Å². The molecule has 0 fully saturated rings. The summed E-state index contributed by atoms with van der Waals surface area (Å²) in [4.78, 5) is 46.2. The van der Waals surface area contributed by atoms with Crippen LogP contribution in [-0.2, 0) is 14.3 Å². The number of benzene rings is 1. The Kier molecular flexibility index (Phi) is 10.0. The van der Waals surface area contributed by atoms with Gasteiger partial charge >= 0.3 is 5.97 Å². The van der Waals surface area contributed by atoms with Crippen molar-refractivity contribution in [3.63, 3.8) is 0 Å². The predicted octanol–water partition coefficient (Wildman–Crippen LogP) is 4.32. The molecule has 1 amide bonds. The first-order valence-electron chi connectivity index (χ1n) is 9.37. The van der Waals surface area contributed by atoms with Gasteiger partial charge in [0.05, 0.1) is 7.11 Å². The summed E-state index contributed by atoms with van der Waals surface area (Å²) < 4.78 is 4.59. The zero-order valence-electron chi connectivity index (χ0n) is 16.4. The van der Waals surface area contributed by atoms with Crippen LogP contribution in [0.1, 0.15) is 85.9 Å². The Bertz CT molecular complexity index is 649. The number of nitrogens with one attached hydrogen (secondary N) is 1. The van der Waals surface area contributed by atoms with E-state index >= 15 is 0 Å². The third-order valence-corrected chi connectivity index (χ3v) is 4.29. The van der Waals surface area contributed by atoms with Crippen molar-refractivity contribution in [3.8, 4) is 0 Å². The Morgan fingerprint density at radius 3 is 1.74 bits per heavy atom. The average molecular weight is 375 g/mol. The fourth-order valence-electron chi connectivity index (χ4n) is 2.69. The maximum Gasteiger partial charge on any atom is 0.305 e. The minimum atomic E-state index is -0.173. The number of rotatable bonds is 12. The average Bonchev–Trinajstić information content (AvgIpc) is 2.63. The second-order valence-electron chi connectivity index (χ2n) is 6.66. The minimum Gasteiger partial charge on any atom is -0.469 e.